The van der Waals surface area contributed by atoms with Crippen LogP contribution in [0.25, 0.3) is 0 Å². The van der Waals surface area contributed by atoms with E-state index in [0.717, 1.165) is 5.69 Å². The Hall–Kier alpha value is -2.29. The summed E-state index contributed by atoms with van der Waals surface area (Å²) >= 11 is 0. The van der Waals surface area contributed by atoms with Crippen LogP contribution >= 0.6 is 0 Å². The van der Waals surface area contributed by atoms with Gasteiger partial charge in [-0.05, 0) is 30.5 Å². The number of hydrogen-bond acceptors (Lipinski definition) is 2. The molecule has 1 atom stereocenters. The Morgan fingerprint density at radius 2 is 1.71 bits per heavy atom. The van der Waals surface area contributed by atoms with E-state index in [9.17, 15) is 4.79 Å². The molecule has 0 heterocycles. The lowest BCUT2D eigenvalue weighted by atomic mass is 10.0. The van der Waals surface area contributed by atoms with Gasteiger partial charge in [-0.25, -0.2) is 0 Å². The van der Waals surface area contributed by atoms with Crippen molar-refractivity contribution in [3.8, 4) is 0 Å². The first-order valence-electron chi connectivity index (χ1n) is 7.14. The smallest absolute Gasteiger partial charge is 0.323 e. The number of anilines is 1. The number of carboxylic acids is 1. The second-order valence-electron chi connectivity index (χ2n) is 5.42. The van der Waals surface area contributed by atoms with Crippen molar-refractivity contribution >= 4 is 11.7 Å². The molecule has 3 heteroatoms. The van der Waals surface area contributed by atoms with Crippen LogP contribution in [0.5, 0.6) is 0 Å². The van der Waals surface area contributed by atoms with E-state index in [0.29, 0.717) is 6.54 Å². The number of rotatable bonds is 6. The zero-order valence-corrected chi connectivity index (χ0v) is 12.5. The van der Waals surface area contributed by atoms with Gasteiger partial charge in [-0.2, -0.15) is 0 Å². The summed E-state index contributed by atoms with van der Waals surface area (Å²) in [6, 6.07) is 18.2. The highest BCUT2D eigenvalue weighted by molar-refractivity contribution is 5.73. The van der Waals surface area contributed by atoms with E-state index >= 15 is 0 Å². The maximum absolute atomic E-state index is 11.1. The van der Waals surface area contributed by atoms with E-state index in [-0.39, 0.29) is 12.5 Å². The van der Waals surface area contributed by atoms with Crippen LogP contribution in [-0.2, 0) is 4.79 Å². The fourth-order valence-corrected chi connectivity index (χ4v) is 2.40. The minimum Gasteiger partial charge on any atom is -0.480 e. The third kappa shape index (κ3) is 4.35. The van der Waals surface area contributed by atoms with Crippen molar-refractivity contribution < 1.29 is 9.90 Å². The number of benzene rings is 2. The van der Waals surface area contributed by atoms with Crippen LogP contribution < -0.4 is 4.90 Å². The van der Waals surface area contributed by atoms with Gasteiger partial charge in [-0.1, -0.05) is 55.0 Å². The van der Waals surface area contributed by atoms with Gasteiger partial charge < -0.3 is 10.0 Å². The Morgan fingerprint density at radius 3 is 2.29 bits per heavy atom. The molecular formula is C18H21NO2. The van der Waals surface area contributed by atoms with Crippen LogP contribution in [-0.4, -0.2) is 24.2 Å². The first-order chi connectivity index (χ1) is 10.1. The van der Waals surface area contributed by atoms with Crippen molar-refractivity contribution in [3.63, 3.8) is 0 Å². The Morgan fingerprint density at radius 1 is 1.10 bits per heavy atom. The third-order valence-corrected chi connectivity index (χ3v) is 3.59. The SMILES string of the molecule is Cc1ccc(N(CC(=O)O)CC(C)c2ccccc2)cc1. The Balaban J connectivity index is 2.16. The van der Waals surface area contributed by atoms with Crippen LogP contribution in [0.1, 0.15) is 24.0 Å². The number of carboxylic acid groups (broad SMARTS) is 1. The Labute approximate surface area is 125 Å². The molecule has 110 valence electrons. The van der Waals surface area contributed by atoms with Crippen molar-refractivity contribution in [2.45, 2.75) is 19.8 Å². The van der Waals surface area contributed by atoms with E-state index in [1.54, 1.807) is 0 Å². The molecule has 2 aromatic carbocycles. The van der Waals surface area contributed by atoms with Gasteiger partial charge in [0.25, 0.3) is 0 Å². The van der Waals surface area contributed by atoms with Gasteiger partial charge in [-0.3, -0.25) is 4.79 Å². The van der Waals surface area contributed by atoms with Crippen molar-refractivity contribution in [1.29, 1.82) is 0 Å². The molecule has 0 aromatic heterocycles. The summed E-state index contributed by atoms with van der Waals surface area (Å²) in [5.41, 5.74) is 3.34. The van der Waals surface area contributed by atoms with E-state index in [2.05, 4.69) is 19.1 Å². The summed E-state index contributed by atoms with van der Waals surface area (Å²) in [4.78, 5) is 13.0. The standard InChI is InChI=1S/C18H21NO2/c1-14-8-10-17(11-9-14)19(13-18(20)21)12-15(2)16-6-4-3-5-7-16/h3-11,15H,12-13H2,1-2H3,(H,20,21). The normalized spacial score (nSPS) is 11.9. The molecule has 0 aliphatic heterocycles. The lowest BCUT2D eigenvalue weighted by molar-refractivity contribution is -0.135. The number of aliphatic carboxylic acids is 1. The molecule has 0 aliphatic carbocycles. The maximum atomic E-state index is 11.1. The van der Waals surface area contributed by atoms with Crippen LogP contribution in [0, 0.1) is 6.92 Å². The van der Waals surface area contributed by atoms with Crippen LogP contribution in [0.4, 0.5) is 5.69 Å². The quantitative estimate of drug-likeness (QED) is 0.879. The molecule has 1 N–H and O–H groups in total. The summed E-state index contributed by atoms with van der Waals surface area (Å²) < 4.78 is 0. The zero-order chi connectivity index (χ0) is 15.2. The fraction of sp³-hybridized carbons (Fsp3) is 0.278. The topological polar surface area (TPSA) is 40.5 Å². The highest BCUT2D eigenvalue weighted by Crippen LogP contribution is 2.21. The lowest BCUT2D eigenvalue weighted by Gasteiger charge is -2.26. The molecular weight excluding hydrogens is 262 g/mol. The molecule has 1 unspecified atom stereocenters. The number of aryl methyl sites for hydroxylation is 1. The molecule has 2 aromatic rings. The first kappa shape index (κ1) is 15.1. The molecule has 0 bridgehead atoms. The molecule has 2 rings (SSSR count). The molecule has 3 nitrogen and oxygen atoms in total. The second kappa shape index (κ2) is 6.93. The Kier molecular flexibility index (Phi) is 4.99. The van der Waals surface area contributed by atoms with Crippen LogP contribution in [0.15, 0.2) is 54.6 Å². The van der Waals surface area contributed by atoms with E-state index < -0.39 is 5.97 Å². The highest BCUT2D eigenvalue weighted by Gasteiger charge is 2.15. The van der Waals surface area contributed by atoms with Crippen molar-refractivity contribution in [2.24, 2.45) is 0 Å². The molecule has 0 saturated carbocycles. The van der Waals surface area contributed by atoms with Crippen molar-refractivity contribution in [3.05, 3.63) is 65.7 Å². The zero-order valence-electron chi connectivity index (χ0n) is 12.5. The van der Waals surface area contributed by atoms with Gasteiger partial charge in [0, 0.05) is 12.2 Å². The molecule has 0 radical (unpaired) electrons. The minimum absolute atomic E-state index is 0.0141. The molecule has 0 amide bonds. The summed E-state index contributed by atoms with van der Waals surface area (Å²) in [5, 5.41) is 9.14. The van der Waals surface area contributed by atoms with Crippen molar-refractivity contribution in [1.82, 2.24) is 0 Å². The second-order valence-corrected chi connectivity index (χ2v) is 5.42. The number of carbonyl (C=O) groups is 1. The van der Waals surface area contributed by atoms with Gasteiger partial charge in [0.1, 0.15) is 6.54 Å². The van der Waals surface area contributed by atoms with Gasteiger partial charge in [0.05, 0.1) is 0 Å². The highest BCUT2D eigenvalue weighted by atomic mass is 16.4. The summed E-state index contributed by atoms with van der Waals surface area (Å²) in [6.07, 6.45) is 0. The first-order valence-corrected chi connectivity index (χ1v) is 7.14. The van der Waals surface area contributed by atoms with Crippen molar-refractivity contribution in [2.75, 3.05) is 18.0 Å². The summed E-state index contributed by atoms with van der Waals surface area (Å²) in [5.74, 6) is -0.539. The van der Waals surface area contributed by atoms with Gasteiger partial charge in [0.15, 0.2) is 0 Å². The van der Waals surface area contributed by atoms with Gasteiger partial charge >= 0.3 is 5.97 Å². The van der Waals surface area contributed by atoms with E-state index in [1.165, 1.54) is 11.1 Å². The average Bonchev–Trinajstić information content (AvgIpc) is 2.48. The fourth-order valence-electron chi connectivity index (χ4n) is 2.40. The predicted molar refractivity (Wildman–Crippen MR) is 85.9 cm³/mol. The van der Waals surface area contributed by atoms with E-state index in [4.69, 9.17) is 5.11 Å². The average molecular weight is 283 g/mol. The predicted octanol–water partition coefficient (Wildman–Crippen LogP) is 3.69. The van der Waals surface area contributed by atoms with Crippen LogP contribution in [0.2, 0.25) is 0 Å². The molecule has 0 fully saturated rings. The largest absolute Gasteiger partial charge is 0.480 e. The summed E-state index contributed by atoms with van der Waals surface area (Å²) in [7, 11) is 0. The maximum Gasteiger partial charge on any atom is 0.323 e. The number of hydrogen-bond donors (Lipinski definition) is 1. The number of nitrogens with zero attached hydrogens (tertiary/aromatic N) is 1. The molecule has 0 aliphatic rings. The van der Waals surface area contributed by atoms with E-state index in [1.807, 2.05) is 54.3 Å². The third-order valence-electron chi connectivity index (χ3n) is 3.59. The monoisotopic (exact) mass is 283 g/mol. The lowest BCUT2D eigenvalue weighted by Crippen LogP contribution is -2.33. The van der Waals surface area contributed by atoms with Gasteiger partial charge in [0.2, 0.25) is 0 Å². The minimum atomic E-state index is -0.809. The molecule has 0 saturated heterocycles. The van der Waals surface area contributed by atoms with Crippen LogP contribution in [0.3, 0.4) is 0 Å². The Bertz CT molecular complexity index is 578. The molecule has 21 heavy (non-hydrogen) atoms. The summed E-state index contributed by atoms with van der Waals surface area (Å²) in [6.45, 7) is 4.84. The molecule has 0 spiro atoms. The van der Waals surface area contributed by atoms with Gasteiger partial charge in [-0.15, -0.1) is 0 Å².